The van der Waals surface area contributed by atoms with E-state index in [9.17, 15) is 9.59 Å². The number of ether oxygens (including phenoxy) is 4. The van der Waals surface area contributed by atoms with Gasteiger partial charge in [0.1, 0.15) is 5.70 Å². The van der Waals surface area contributed by atoms with Crippen LogP contribution in [0.25, 0.3) is 11.8 Å². The van der Waals surface area contributed by atoms with Crippen LogP contribution in [0.5, 0.6) is 23.0 Å². The molecule has 0 aliphatic carbocycles. The number of benzene rings is 2. The number of piperazine rings is 1. The summed E-state index contributed by atoms with van der Waals surface area (Å²) < 4.78 is 23.0. The van der Waals surface area contributed by atoms with Crippen molar-refractivity contribution < 1.29 is 23.7 Å². The Kier molecular flexibility index (Phi) is 7.14. The van der Waals surface area contributed by atoms with Crippen LogP contribution in [0.15, 0.2) is 65.6 Å². The lowest BCUT2D eigenvalue weighted by atomic mass is 10.1. The Morgan fingerprint density at radius 2 is 1.70 bits per heavy atom. The second-order valence-corrected chi connectivity index (χ2v) is 8.81. The van der Waals surface area contributed by atoms with E-state index >= 15 is 0 Å². The molecule has 1 amide bonds. The van der Waals surface area contributed by atoms with Gasteiger partial charge in [-0.1, -0.05) is 18.2 Å². The summed E-state index contributed by atoms with van der Waals surface area (Å²) in [5, 5.41) is 0. The van der Waals surface area contributed by atoms with Gasteiger partial charge in [-0.25, -0.2) is 0 Å². The van der Waals surface area contributed by atoms with Crippen LogP contribution in [-0.4, -0.2) is 67.5 Å². The molecule has 37 heavy (non-hydrogen) atoms. The lowest BCUT2D eigenvalue weighted by Crippen LogP contribution is -2.49. The topological polar surface area (TPSA) is 82.5 Å². The number of hydrogen-bond donors (Lipinski definition) is 0. The summed E-state index contributed by atoms with van der Waals surface area (Å²) in [5.74, 6) is 2.46. The maximum Gasteiger partial charge on any atom is 0.271 e. The van der Waals surface area contributed by atoms with Crippen molar-refractivity contribution >= 4 is 17.7 Å². The fourth-order valence-electron chi connectivity index (χ4n) is 4.53. The summed E-state index contributed by atoms with van der Waals surface area (Å²) >= 11 is 0. The fourth-order valence-corrected chi connectivity index (χ4v) is 4.53. The molecule has 192 valence electrons. The third-order valence-electron chi connectivity index (χ3n) is 6.51. The number of nitrogens with zero attached hydrogens (tertiary/aromatic N) is 3. The first-order valence-corrected chi connectivity index (χ1v) is 12.1. The zero-order valence-corrected chi connectivity index (χ0v) is 20.9. The van der Waals surface area contributed by atoms with E-state index in [0.717, 1.165) is 29.2 Å². The molecular weight excluding hydrogens is 474 g/mol. The second-order valence-electron chi connectivity index (χ2n) is 8.81. The van der Waals surface area contributed by atoms with Crippen molar-refractivity contribution in [1.29, 1.82) is 0 Å². The molecule has 5 rings (SSSR count). The Morgan fingerprint density at radius 3 is 2.46 bits per heavy atom. The van der Waals surface area contributed by atoms with Gasteiger partial charge < -0.3 is 23.8 Å². The summed E-state index contributed by atoms with van der Waals surface area (Å²) in [6.45, 7) is 3.54. The normalized spacial score (nSPS) is 15.5. The molecule has 1 saturated heterocycles. The van der Waals surface area contributed by atoms with Gasteiger partial charge in [-0.15, -0.1) is 0 Å². The van der Waals surface area contributed by atoms with E-state index in [4.69, 9.17) is 18.9 Å². The molecule has 0 bridgehead atoms. The van der Waals surface area contributed by atoms with Crippen molar-refractivity contribution in [3.8, 4) is 23.0 Å². The smallest absolute Gasteiger partial charge is 0.271 e. The molecule has 0 N–H and O–H groups in total. The molecule has 0 radical (unpaired) electrons. The minimum Gasteiger partial charge on any atom is -0.493 e. The monoisotopic (exact) mass is 503 g/mol. The molecule has 0 spiro atoms. The van der Waals surface area contributed by atoms with Gasteiger partial charge in [-0.2, -0.15) is 0 Å². The molecule has 3 aromatic rings. The average Bonchev–Trinajstić information content (AvgIpc) is 3.40. The van der Waals surface area contributed by atoms with Gasteiger partial charge in [0.25, 0.3) is 11.5 Å². The van der Waals surface area contributed by atoms with Crippen molar-refractivity contribution in [2.75, 3.05) is 47.2 Å². The highest BCUT2D eigenvalue weighted by molar-refractivity contribution is 6.18. The van der Waals surface area contributed by atoms with Gasteiger partial charge in [0.05, 0.1) is 14.2 Å². The van der Waals surface area contributed by atoms with Crippen molar-refractivity contribution in [3.63, 3.8) is 0 Å². The maximum absolute atomic E-state index is 13.7. The Labute approximate surface area is 215 Å². The Hall–Kier alpha value is -4.24. The first kappa shape index (κ1) is 24.5. The molecule has 0 saturated carbocycles. The largest absolute Gasteiger partial charge is 0.493 e. The second kappa shape index (κ2) is 10.8. The standard InChI is InChI=1S/C28H29N3O6/c1-34-23-8-6-20(16-25(23)35-2)15-22(31-10-4-3-5-27(31)32)28(33)30-13-11-29(12-14-30)18-21-7-9-24-26(17-21)37-19-36-24/h3-10,15-17H,11-14,18-19H2,1-2H3/b22-15+. The van der Waals surface area contributed by atoms with Crippen LogP contribution in [0.3, 0.4) is 0 Å². The SMILES string of the molecule is COc1ccc(/C=C(\C(=O)N2CCN(Cc3ccc4c(c3)OCO4)CC2)n2ccccc2=O)cc1OC. The minimum absolute atomic E-state index is 0.203. The highest BCUT2D eigenvalue weighted by atomic mass is 16.7. The van der Waals surface area contributed by atoms with E-state index in [2.05, 4.69) is 4.90 Å². The molecule has 2 aromatic carbocycles. The predicted octanol–water partition coefficient (Wildman–Crippen LogP) is 2.94. The molecule has 3 heterocycles. The molecule has 1 aromatic heterocycles. The number of methoxy groups -OCH3 is 2. The van der Waals surface area contributed by atoms with Gasteiger partial charge in [0.2, 0.25) is 6.79 Å². The number of carbonyl (C=O) groups excluding carboxylic acids is 1. The minimum atomic E-state index is -0.274. The lowest BCUT2D eigenvalue weighted by Gasteiger charge is -2.35. The summed E-state index contributed by atoms with van der Waals surface area (Å²) in [6.07, 6.45) is 3.33. The Bertz CT molecular complexity index is 1370. The van der Waals surface area contributed by atoms with Gasteiger partial charge in [-0.3, -0.25) is 19.1 Å². The van der Waals surface area contributed by atoms with E-state index < -0.39 is 0 Å². The van der Waals surface area contributed by atoms with E-state index in [-0.39, 0.29) is 24.0 Å². The van der Waals surface area contributed by atoms with Crippen LogP contribution in [0.1, 0.15) is 11.1 Å². The van der Waals surface area contributed by atoms with Crippen molar-refractivity contribution in [1.82, 2.24) is 14.4 Å². The van der Waals surface area contributed by atoms with E-state index in [1.54, 1.807) is 55.7 Å². The summed E-state index contributed by atoms with van der Waals surface area (Å²) in [7, 11) is 3.13. The molecule has 2 aliphatic heterocycles. The molecule has 9 heteroatoms. The van der Waals surface area contributed by atoms with E-state index in [0.29, 0.717) is 37.7 Å². The Balaban J connectivity index is 1.34. The number of pyridine rings is 1. The van der Waals surface area contributed by atoms with Crippen LogP contribution in [0.4, 0.5) is 0 Å². The third-order valence-corrected chi connectivity index (χ3v) is 6.51. The van der Waals surface area contributed by atoms with E-state index in [1.165, 1.54) is 10.6 Å². The maximum atomic E-state index is 13.7. The number of amides is 1. The first-order valence-electron chi connectivity index (χ1n) is 12.1. The van der Waals surface area contributed by atoms with Gasteiger partial charge in [0, 0.05) is 45.0 Å². The number of rotatable bonds is 7. The number of aromatic nitrogens is 1. The quantitative estimate of drug-likeness (QED) is 0.459. The molecule has 2 aliphatic rings. The van der Waals surface area contributed by atoms with Crippen LogP contribution in [0, 0.1) is 0 Å². The summed E-state index contributed by atoms with van der Waals surface area (Å²) in [6, 6.07) is 16.2. The highest BCUT2D eigenvalue weighted by Gasteiger charge is 2.25. The van der Waals surface area contributed by atoms with Gasteiger partial charge in [0.15, 0.2) is 23.0 Å². The van der Waals surface area contributed by atoms with Crippen LogP contribution in [0.2, 0.25) is 0 Å². The molecule has 0 atom stereocenters. The van der Waals surface area contributed by atoms with Crippen LogP contribution in [-0.2, 0) is 11.3 Å². The van der Waals surface area contributed by atoms with Crippen LogP contribution < -0.4 is 24.5 Å². The van der Waals surface area contributed by atoms with E-state index in [1.807, 2.05) is 24.3 Å². The fraction of sp³-hybridized carbons (Fsp3) is 0.286. The average molecular weight is 504 g/mol. The first-order chi connectivity index (χ1) is 18.1. The van der Waals surface area contributed by atoms with Crippen LogP contribution >= 0.6 is 0 Å². The number of hydrogen-bond acceptors (Lipinski definition) is 7. The predicted molar refractivity (Wildman–Crippen MR) is 139 cm³/mol. The molecule has 1 fully saturated rings. The number of fused-ring (bicyclic) bond motifs is 1. The van der Waals surface area contributed by atoms with Crippen molar-refractivity contribution in [2.45, 2.75) is 6.54 Å². The third kappa shape index (κ3) is 5.31. The molecule has 0 unspecified atom stereocenters. The van der Waals surface area contributed by atoms with Crippen molar-refractivity contribution in [2.24, 2.45) is 0 Å². The highest BCUT2D eigenvalue weighted by Crippen LogP contribution is 2.33. The number of carbonyl (C=O) groups is 1. The molecule has 9 nitrogen and oxygen atoms in total. The van der Waals surface area contributed by atoms with Crippen molar-refractivity contribution in [3.05, 3.63) is 82.3 Å². The zero-order valence-electron chi connectivity index (χ0n) is 20.9. The summed E-state index contributed by atoms with van der Waals surface area (Å²) in [4.78, 5) is 30.5. The lowest BCUT2D eigenvalue weighted by molar-refractivity contribution is -0.127. The van der Waals surface area contributed by atoms with Gasteiger partial charge >= 0.3 is 0 Å². The molecular formula is C28H29N3O6. The van der Waals surface area contributed by atoms with Gasteiger partial charge in [-0.05, 0) is 47.5 Å². The Morgan fingerprint density at radius 1 is 0.919 bits per heavy atom. The zero-order chi connectivity index (χ0) is 25.8. The summed E-state index contributed by atoms with van der Waals surface area (Å²) in [5.41, 5.74) is 1.86.